The first-order valence-electron chi connectivity index (χ1n) is 7.74. The Morgan fingerprint density at radius 1 is 1.18 bits per heavy atom. The summed E-state index contributed by atoms with van der Waals surface area (Å²) in [4.78, 5) is 0. The van der Waals surface area contributed by atoms with Crippen molar-refractivity contribution < 1.29 is 20.1 Å². The van der Waals surface area contributed by atoms with Crippen LogP contribution in [0.25, 0.3) is 0 Å². The summed E-state index contributed by atoms with van der Waals surface area (Å²) in [7, 11) is 0. The van der Waals surface area contributed by atoms with Crippen molar-refractivity contribution in [2.24, 2.45) is 5.92 Å². The van der Waals surface area contributed by atoms with Crippen molar-refractivity contribution in [1.29, 1.82) is 0 Å². The van der Waals surface area contributed by atoms with Gasteiger partial charge in [0.05, 0.1) is 25.4 Å². The number of aliphatic hydroxyl groups excluding tert-OH is 3. The minimum absolute atomic E-state index is 0.133. The molecule has 0 aliphatic carbocycles. The van der Waals surface area contributed by atoms with Crippen molar-refractivity contribution in [3.05, 3.63) is 35.9 Å². The number of aliphatic hydroxyl groups is 3. The van der Waals surface area contributed by atoms with Crippen molar-refractivity contribution in [2.45, 2.75) is 45.0 Å². The summed E-state index contributed by atoms with van der Waals surface area (Å²) < 4.78 is 5.56. The Kier molecular flexibility index (Phi) is 9.52. The van der Waals surface area contributed by atoms with Crippen LogP contribution in [0.5, 0.6) is 0 Å². The first kappa shape index (κ1) is 18.7. The molecule has 0 saturated carbocycles. The van der Waals surface area contributed by atoms with E-state index >= 15 is 0 Å². The summed E-state index contributed by atoms with van der Waals surface area (Å²) >= 11 is 0. The maximum atomic E-state index is 10.1. The Hall–Kier alpha value is -1.38. The highest BCUT2D eigenvalue weighted by molar-refractivity contribution is 5.13. The summed E-state index contributed by atoms with van der Waals surface area (Å²) in [6, 6.07) is 9.91. The van der Waals surface area contributed by atoms with Crippen molar-refractivity contribution in [1.82, 2.24) is 0 Å². The fraction of sp³-hybridized carbons (Fsp3) is 0.556. The Bertz CT molecular complexity index is 449. The van der Waals surface area contributed by atoms with Crippen molar-refractivity contribution >= 4 is 0 Å². The van der Waals surface area contributed by atoms with Crippen molar-refractivity contribution in [3.63, 3.8) is 0 Å². The Morgan fingerprint density at radius 2 is 1.91 bits per heavy atom. The molecule has 4 heteroatoms. The molecule has 0 aliphatic heterocycles. The van der Waals surface area contributed by atoms with Gasteiger partial charge in [0.15, 0.2) is 0 Å². The zero-order valence-corrected chi connectivity index (χ0v) is 13.1. The molecular formula is C18H26O4. The van der Waals surface area contributed by atoms with Crippen LogP contribution in [0.15, 0.2) is 30.3 Å². The van der Waals surface area contributed by atoms with E-state index in [1.165, 1.54) is 0 Å². The third-order valence-electron chi connectivity index (χ3n) is 3.41. The van der Waals surface area contributed by atoms with Crippen molar-refractivity contribution in [2.75, 3.05) is 13.2 Å². The van der Waals surface area contributed by atoms with Gasteiger partial charge in [-0.15, -0.1) is 5.92 Å². The number of ether oxygens (including phenoxy) is 1. The molecule has 0 fully saturated rings. The first-order chi connectivity index (χ1) is 10.7. The molecule has 0 heterocycles. The molecule has 0 spiro atoms. The van der Waals surface area contributed by atoms with E-state index in [1.807, 2.05) is 37.3 Å². The molecule has 0 aromatic heterocycles. The van der Waals surface area contributed by atoms with Gasteiger partial charge in [0.2, 0.25) is 0 Å². The Balaban J connectivity index is 2.28. The van der Waals surface area contributed by atoms with Crippen LogP contribution in [0.3, 0.4) is 0 Å². The lowest BCUT2D eigenvalue weighted by Gasteiger charge is -2.16. The van der Waals surface area contributed by atoms with Crippen LogP contribution in [0.4, 0.5) is 0 Å². The van der Waals surface area contributed by atoms with Gasteiger partial charge in [0, 0.05) is 18.9 Å². The highest BCUT2D eigenvalue weighted by atomic mass is 16.5. The molecule has 22 heavy (non-hydrogen) atoms. The van der Waals surface area contributed by atoms with Gasteiger partial charge >= 0.3 is 0 Å². The maximum Gasteiger partial charge on any atom is 0.0879 e. The van der Waals surface area contributed by atoms with Crippen LogP contribution in [0, 0.1) is 17.8 Å². The number of hydrogen-bond donors (Lipinski definition) is 3. The van der Waals surface area contributed by atoms with E-state index in [0.29, 0.717) is 19.6 Å². The minimum Gasteiger partial charge on any atom is -0.394 e. The van der Waals surface area contributed by atoms with Gasteiger partial charge in [-0.2, -0.15) is 0 Å². The third kappa shape index (κ3) is 7.58. The SMILES string of the molecule is CC[C@H](C#CC[C@H](O)CO)[C@@H](O)CCOCc1ccccc1. The molecule has 0 amide bonds. The lowest BCUT2D eigenvalue weighted by Crippen LogP contribution is -2.20. The molecule has 1 aromatic carbocycles. The second-order valence-electron chi connectivity index (χ2n) is 5.27. The molecule has 4 nitrogen and oxygen atoms in total. The third-order valence-corrected chi connectivity index (χ3v) is 3.41. The van der Waals surface area contributed by atoms with Crippen LogP contribution in [0.1, 0.15) is 31.7 Å². The standard InChI is InChI=1S/C18H26O4/c1-2-16(9-6-10-17(20)13-19)18(21)11-12-22-14-15-7-4-3-5-8-15/h3-5,7-8,16-21H,2,10-14H2,1H3/t16-,17+,18+/m1/s1. The molecule has 122 valence electrons. The van der Waals surface area contributed by atoms with Gasteiger partial charge in [-0.1, -0.05) is 43.2 Å². The zero-order chi connectivity index (χ0) is 16.2. The molecular weight excluding hydrogens is 280 g/mol. The van der Waals surface area contributed by atoms with Crippen molar-refractivity contribution in [3.8, 4) is 11.8 Å². The number of benzene rings is 1. The van der Waals surface area contributed by atoms with E-state index in [2.05, 4.69) is 11.8 Å². The van der Waals surface area contributed by atoms with Crippen LogP contribution < -0.4 is 0 Å². The Labute approximate surface area is 132 Å². The van der Waals surface area contributed by atoms with E-state index in [4.69, 9.17) is 9.84 Å². The average molecular weight is 306 g/mol. The number of rotatable bonds is 9. The summed E-state index contributed by atoms with van der Waals surface area (Å²) in [5.41, 5.74) is 1.11. The van der Waals surface area contributed by atoms with Gasteiger partial charge in [-0.25, -0.2) is 0 Å². The topological polar surface area (TPSA) is 69.9 Å². The maximum absolute atomic E-state index is 10.1. The van der Waals surface area contributed by atoms with E-state index in [9.17, 15) is 10.2 Å². The van der Waals surface area contributed by atoms with Gasteiger partial charge < -0.3 is 20.1 Å². The summed E-state index contributed by atoms with van der Waals surface area (Å²) in [6.07, 6.45) is 0.144. The molecule has 0 unspecified atom stereocenters. The second-order valence-corrected chi connectivity index (χ2v) is 5.27. The normalized spacial score (nSPS) is 14.7. The highest BCUT2D eigenvalue weighted by Crippen LogP contribution is 2.12. The molecule has 1 aromatic rings. The van der Waals surface area contributed by atoms with E-state index in [-0.39, 0.29) is 18.9 Å². The predicted octanol–water partition coefficient (Wildman–Crippen LogP) is 1.73. The molecule has 3 N–H and O–H groups in total. The zero-order valence-electron chi connectivity index (χ0n) is 13.1. The summed E-state index contributed by atoms with van der Waals surface area (Å²) in [6.45, 7) is 2.70. The van der Waals surface area contributed by atoms with Gasteiger partial charge in [-0.05, 0) is 18.4 Å². The minimum atomic E-state index is -0.809. The van der Waals surface area contributed by atoms with E-state index in [0.717, 1.165) is 12.0 Å². The van der Waals surface area contributed by atoms with Crippen LogP contribution in [-0.2, 0) is 11.3 Å². The van der Waals surface area contributed by atoms with Crippen LogP contribution in [-0.4, -0.2) is 40.7 Å². The van der Waals surface area contributed by atoms with E-state index in [1.54, 1.807) is 0 Å². The summed E-state index contributed by atoms with van der Waals surface area (Å²) in [5, 5.41) is 28.1. The fourth-order valence-electron chi connectivity index (χ4n) is 2.01. The lowest BCUT2D eigenvalue weighted by atomic mass is 9.97. The average Bonchev–Trinajstić information content (AvgIpc) is 2.56. The van der Waals surface area contributed by atoms with Gasteiger partial charge in [-0.3, -0.25) is 0 Å². The van der Waals surface area contributed by atoms with Crippen LogP contribution >= 0.6 is 0 Å². The first-order valence-corrected chi connectivity index (χ1v) is 7.74. The molecule has 1 rings (SSSR count). The predicted molar refractivity (Wildman–Crippen MR) is 86.0 cm³/mol. The van der Waals surface area contributed by atoms with Gasteiger partial charge in [0.25, 0.3) is 0 Å². The molecule has 0 aliphatic rings. The van der Waals surface area contributed by atoms with E-state index < -0.39 is 12.2 Å². The largest absolute Gasteiger partial charge is 0.394 e. The smallest absolute Gasteiger partial charge is 0.0879 e. The molecule has 0 radical (unpaired) electrons. The summed E-state index contributed by atoms with van der Waals surface area (Å²) in [5.74, 6) is 5.66. The van der Waals surface area contributed by atoms with Gasteiger partial charge in [0.1, 0.15) is 0 Å². The second kappa shape index (κ2) is 11.2. The Morgan fingerprint density at radius 3 is 2.55 bits per heavy atom. The fourth-order valence-corrected chi connectivity index (χ4v) is 2.01. The quantitative estimate of drug-likeness (QED) is 0.480. The molecule has 0 saturated heterocycles. The molecule has 3 atom stereocenters. The highest BCUT2D eigenvalue weighted by Gasteiger charge is 2.14. The number of hydrogen-bond acceptors (Lipinski definition) is 4. The molecule has 0 bridgehead atoms. The lowest BCUT2D eigenvalue weighted by molar-refractivity contribution is 0.0566. The monoisotopic (exact) mass is 306 g/mol. The van der Waals surface area contributed by atoms with Crippen LogP contribution in [0.2, 0.25) is 0 Å².